The van der Waals surface area contributed by atoms with Crippen molar-refractivity contribution in [2.75, 3.05) is 0 Å². The van der Waals surface area contributed by atoms with Crippen LogP contribution in [0.4, 0.5) is 0 Å². The lowest BCUT2D eigenvalue weighted by Gasteiger charge is -2.03. The van der Waals surface area contributed by atoms with Gasteiger partial charge in [-0.05, 0) is 12.8 Å². The van der Waals surface area contributed by atoms with Crippen LogP contribution in [0.25, 0.3) is 0 Å². The molecule has 0 fully saturated rings. The van der Waals surface area contributed by atoms with Gasteiger partial charge in [0.15, 0.2) is 0 Å². The fourth-order valence-electron chi connectivity index (χ4n) is 3.08. The Balaban J connectivity index is 2.94. The van der Waals surface area contributed by atoms with Crippen molar-refractivity contribution in [3.63, 3.8) is 0 Å². The van der Waals surface area contributed by atoms with Crippen LogP contribution in [0.3, 0.4) is 0 Å². The summed E-state index contributed by atoms with van der Waals surface area (Å²) in [6, 6.07) is 0. The molecule has 0 nitrogen and oxygen atoms in total. The van der Waals surface area contributed by atoms with Crippen LogP contribution < -0.4 is 0 Å². The highest BCUT2D eigenvalue weighted by molar-refractivity contribution is 7.20. The molecule has 1 unspecified atom stereocenters. The molecule has 0 saturated heterocycles. The third-order valence-electron chi connectivity index (χ3n) is 4.61. The molecule has 0 aromatic rings. The zero-order valence-electron chi connectivity index (χ0n) is 15.5. The summed E-state index contributed by atoms with van der Waals surface area (Å²) in [5.41, 5.74) is 0. The molecular formula is C21H43P. The molecule has 1 atom stereocenters. The molecule has 0 aromatic heterocycles. The van der Waals surface area contributed by atoms with E-state index in [4.69, 9.17) is 0 Å². The van der Waals surface area contributed by atoms with Gasteiger partial charge in [0.05, 0.1) is 0 Å². The molecule has 0 bridgehead atoms. The largest absolute Gasteiger partial charge is 0.114 e. The van der Waals surface area contributed by atoms with Gasteiger partial charge in [-0.25, -0.2) is 0 Å². The van der Waals surface area contributed by atoms with Gasteiger partial charge in [-0.2, -0.15) is 0 Å². The zero-order valence-corrected chi connectivity index (χ0v) is 16.6. The van der Waals surface area contributed by atoms with Crippen LogP contribution in [0.5, 0.6) is 0 Å². The minimum absolute atomic E-state index is 1.27. The highest BCUT2D eigenvalue weighted by Gasteiger charge is 1.94. The van der Waals surface area contributed by atoms with Crippen molar-refractivity contribution in [2.24, 2.45) is 0 Å². The Labute approximate surface area is 144 Å². The fraction of sp³-hybridized carbons (Fsp3) is 0.905. The Morgan fingerprint density at radius 2 is 0.818 bits per heavy atom. The molecule has 132 valence electrons. The molecular weight excluding hydrogens is 283 g/mol. The Morgan fingerprint density at radius 1 is 0.500 bits per heavy atom. The van der Waals surface area contributed by atoms with E-state index < -0.39 is 0 Å². The standard InChI is InChI=1S/C21H43P/c1-2-3-4-5-6-7-8-9-10-11-12-13-14-15-16-17-18-19-20-21-22/h20-21H,2-19,22H2,1H3/b21-20+. The summed E-state index contributed by atoms with van der Waals surface area (Å²) in [5, 5.41) is 0. The van der Waals surface area contributed by atoms with Gasteiger partial charge in [0.25, 0.3) is 0 Å². The third kappa shape index (κ3) is 20.2. The molecule has 1 heteroatoms. The second-order valence-electron chi connectivity index (χ2n) is 6.87. The number of unbranched alkanes of at least 4 members (excludes halogenated alkanes) is 17. The van der Waals surface area contributed by atoms with E-state index in [1.54, 1.807) is 0 Å². The van der Waals surface area contributed by atoms with E-state index in [2.05, 4.69) is 28.1 Å². The lowest BCUT2D eigenvalue weighted by Crippen LogP contribution is -1.83. The van der Waals surface area contributed by atoms with E-state index in [-0.39, 0.29) is 0 Å². The minimum Gasteiger partial charge on any atom is -0.114 e. The van der Waals surface area contributed by atoms with Crippen LogP contribution >= 0.6 is 9.24 Å². The molecule has 0 heterocycles. The average molecular weight is 327 g/mol. The van der Waals surface area contributed by atoms with Crippen molar-refractivity contribution in [1.82, 2.24) is 0 Å². The summed E-state index contributed by atoms with van der Waals surface area (Å²) >= 11 is 0. The second kappa shape index (κ2) is 21.2. The van der Waals surface area contributed by atoms with Crippen molar-refractivity contribution < 1.29 is 0 Å². The number of rotatable bonds is 18. The summed E-state index contributed by atoms with van der Waals surface area (Å²) in [7, 11) is 2.65. The molecule has 0 aliphatic rings. The molecule has 0 amide bonds. The molecule has 22 heavy (non-hydrogen) atoms. The van der Waals surface area contributed by atoms with Gasteiger partial charge >= 0.3 is 0 Å². The van der Waals surface area contributed by atoms with Crippen LogP contribution in [0, 0.1) is 0 Å². The molecule has 0 spiro atoms. The van der Waals surface area contributed by atoms with Gasteiger partial charge in [-0.1, -0.05) is 122 Å². The van der Waals surface area contributed by atoms with E-state index in [0.717, 1.165) is 0 Å². The molecule has 0 aliphatic carbocycles. The maximum atomic E-state index is 2.65. The van der Waals surface area contributed by atoms with E-state index in [0.29, 0.717) is 0 Å². The quantitative estimate of drug-likeness (QED) is 0.175. The van der Waals surface area contributed by atoms with E-state index >= 15 is 0 Å². The number of hydrogen-bond donors (Lipinski definition) is 0. The summed E-state index contributed by atoms with van der Waals surface area (Å²) in [5.74, 6) is 2.09. The molecule has 0 rings (SSSR count). The summed E-state index contributed by atoms with van der Waals surface area (Å²) in [4.78, 5) is 0. The molecule has 0 radical (unpaired) electrons. The topological polar surface area (TPSA) is 0 Å². The first-order valence-electron chi connectivity index (χ1n) is 10.3. The van der Waals surface area contributed by atoms with Gasteiger partial charge < -0.3 is 0 Å². The lowest BCUT2D eigenvalue weighted by atomic mass is 10.0. The van der Waals surface area contributed by atoms with Crippen molar-refractivity contribution in [2.45, 2.75) is 122 Å². The van der Waals surface area contributed by atoms with Crippen LogP contribution in [0.15, 0.2) is 11.9 Å². The Hall–Kier alpha value is 0.170. The first kappa shape index (κ1) is 22.2. The molecule has 0 saturated carbocycles. The van der Waals surface area contributed by atoms with Crippen LogP contribution in [0.2, 0.25) is 0 Å². The van der Waals surface area contributed by atoms with Crippen LogP contribution in [0.1, 0.15) is 122 Å². The van der Waals surface area contributed by atoms with Crippen molar-refractivity contribution in [1.29, 1.82) is 0 Å². The van der Waals surface area contributed by atoms with E-state index in [9.17, 15) is 0 Å². The third-order valence-corrected chi connectivity index (χ3v) is 4.88. The average Bonchev–Trinajstić information content (AvgIpc) is 2.54. The monoisotopic (exact) mass is 326 g/mol. The number of hydrogen-bond acceptors (Lipinski definition) is 0. The summed E-state index contributed by atoms with van der Waals surface area (Å²) in [6.45, 7) is 2.30. The predicted molar refractivity (Wildman–Crippen MR) is 108 cm³/mol. The van der Waals surface area contributed by atoms with E-state index in [1.807, 2.05) is 0 Å². The van der Waals surface area contributed by atoms with Gasteiger partial charge in [0.1, 0.15) is 0 Å². The van der Waals surface area contributed by atoms with Gasteiger partial charge in [0.2, 0.25) is 0 Å². The molecule has 0 aliphatic heterocycles. The van der Waals surface area contributed by atoms with Crippen LogP contribution in [-0.4, -0.2) is 0 Å². The zero-order chi connectivity index (χ0) is 16.1. The van der Waals surface area contributed by atoms with Crippen molar-refractivity contribution in [3.8, 4) is 0 Å². The fourth-order valence-corrected chi connectivity index (χ4v) is 3.28. The minimum atomic E-state index is 1.27. The lowest BCUT2D eigenvalue weighted by molar-refractivity contribution is 0.527. The van der Waals surface area contributed by atoms with Gasteiger partial charge in [0, 0.05) is 0 Å². The molecule has 0 N–H and O–H groups in total. The van der Waals surface area contributed by atoms with Gasteiger partial charge in [-0.15, -0.1) is 9.24 Å². The van der Waals surface area contributed by atoms with Crippen molar-refractivity contribution in [3.05, 3.63) is 11.9 Å². The normalized spacial score (nSPS) is 11.5. The Morgan fingerprint density at radius 3 is 1.14 bits per heavy atom. The first-order chi connectivity index (χ1) is 10.9. The number of allylic oxidation sites excluding steroid dienone is 1. The maximum Gasteiger partial charge on any atom is -0.0347 e. The summed E-state index contributed by atoms with van der Waals surface area (Å²) < 4.78 is 0. The van der Waals surface area contributed by atoms with E-state index in [1.165, 1.54) is 116 Å². The molecule has 0 aromatic carbocycles. The summed E-state index contributed by atoms with van der Waals surface area (Å²) in [6.07, 6.45) is 28.3. The predicted octanol–water partition coefficient (Wildman–Crippen LogP) is 8.42. The second-order valence-corrected chi connectivity index (χ2v) is 7.26. The first-order valence-corrected chi connectivity index (χ1v) is 10.9. The Bertz CT molecular complexity index is 210. The van der Waals surface area contributed by atoms with Gasteiger partial charge in [-0.3, -0.25) is 0 Å². The van der Waals surface area contributed by atoms with Crippen LogP contribution in [-0.2, 0) is 0 Å². The highest BCUT2D eigenvalue weighted by atomic mass is 31.0. The highest BCUT2D eigenvalue weighted by Crippen LogP contribution is 2.14. The smallest absolute Gasteiger partial charge is 0.0347 e. The maximum absolute atomic E-state index is 2.65. The Kier molecular flexibility index (Phi) is 21.3. The SMILES string of the molecule is CCCCCCCCCCCCCCCCCCC/C=C/P. The van der Waals surface area contributed by atoms with Crippen molar-refractivity contribution >= 4 is 9.24 Å².